The monoisotopic (exact) mass is 421 g/mol. The van der Waals surface area contributed by atoms with Crippen molar-refractivity contribution in [2.45, 2.75) is 19.8 Å². The van der Waals surface area contributed by atoms with E-state index < -0.39 is 5.97 Å². The third kappa shape index (κ3) is 3.95. The molecule has 1 aliphatic heterocycles. The standard InChI is InChI=1S/C24H27N3O4/c1-4-31-24(29)23-22(18-14-17(30-3)11-12-20(18)26(23)2)25-21(28)15-27-13-7-9-16-8-5-6-10-19(16)27/h5-6,8,10-12,14H,4,7,9,13,15H2,1-3H3,(H,25,28). The number of carbonyl (C=O) groups excluding carboxylic acids is 2. The lowest BCUT2D eigenvalue weighted by molar-refractivity contribution is -0.115. The summed E-state index contributed by atoms with van der Waals surface area (Å²) in [6.45, 7) is 3.04. The van der Waals surface area contributed by atoms with E-state index >= 15 is 0 Å². The first kappa shape index (κ1) is 20.8. The van der Waals surface area contributed by atoms with E-state index in [0.717, 1.165) is 36.0 Å². The fourth-order valence-corrected chi connectivity index (χ4v) is 4.24. The maximum atomic E-state index is 13.1. The van der Waals surface area contributed by atoms with Crippen molar-refractivity contribution in [2.75, 3.05) is 37.0 Å². The maximum Gasteiger partial charge on any atom is 0.357 e. The molecule has 3 aromatic rings. The summed E-state index contributed by atoms with van der Waals surface area (Å²) < 4.78 is 12.4. The molecular weight excluding hydrogens is 394 g/mol. The number of ether oxygens (including phenoxy) is 2. The molecule has 0 radical (unpaired) electrons. The number of hydrogen-bond donors (Lipinski definition) is 1. The Balaban J connectivity index is 1.68. The van der Waals surface area contributed by atoms with Gasteiger partial charge in [-0.05, 0) is 49.6 Å². The maximum absolute atomic E-state index is 13.1. The number of rotatable bonds is 6. The highest BCUT2D eigenvalue weighted by atomic mass is 16.5. The summed E-state index contributed by atoms with van der Waals surface area (Å²) in [6, 6.07) is 13.7. The van der Waals surface area contributed by atoms with Crippen LogP contribution in [0.1, 0.15) is 29.4 Å². The minimum atomic E-state index is -0.473. The molecule has 0 saturated heterocycles. The summed E-state index contributed by atoms with van der Waals surface area (Å²) in [6.07, 6.45) is 2.02. The Morgan fingerprint density at radius 1 is 1.16 bits per heavy atom. The van der Waals surface area contributed by atoms with Crippen LogP contribution in [0.4, 0.5) is 11.4 Å². The Morgan fingerprint density at radius 2 is 1.97 bits per heavy atom. The summed E-state index contributed by atoms with van der Waals surface area (Å²) in [4.78, 5) is 27.9. The van der Waals surface area contributed by atoms with Crippen LogP contribution < -0.4 is 15.0 Å². The smallest absolute Gasteiger partial charge is 0.357 e. The molecule has 7 heteroatoms. The van der Waals surface area contributed by atoms with Crippen molar-refractivity contribution in [1.82, 2.24) is 4.57 Å². The minimum absolute atomic E-state index is 0.183. The molecule has 1 amide bonds. The Hall–Kier alpha value is -3.48. The van der Waals surface area contributed by atoms with Gasteiger partial charge >= 0.3 is 5.97 Å². The van der Waals surface area contributed by atoms with Gasteiger partial charge < -0.3 is 24.3 Å². The van der Waals surface area contributed by atoms with Gasteiger partial charge in [0.15, 0.2) is 5.69 Å². The molecule has 1 aromatic heterocycles. The van der Waals surface area contributed by atoms with Crippen LogP contribution in [0.15, 0.2) is 42.5 Å². The first-order valence-corrected chi connectivity index (χ1v) is 10.5. The normalized spacial score (nSPS) is 13.1. The summed E-state index contributed by atoms with van der Waals surface area (Å²) in [5.74, 6) is -0.00896. The molecule has 0 saturated carbocycles. The summed E-state index contributed by atoms with van der Waals surface area (Å²) in [5, 5.41) is 3.72. The number of hydrogen-bond acceptors (Lipinski definition) is 5. The van der Waals surface area contributed by atoms with E-state index in [-0.39, 0.29) is 19.1 Å². The zero-order valence-corrected chi connectivity index (χ0v) is 18.1. The lowest BCUT2D eigenvalue weighted by atomic mass is 10.0. The molecule has 0 bridgehead atoms. The van der Waals surface area contributed by atoms with Crippen molar-refractivity contribution in [2.24, 2.45) is 7.05 Å². The largest absolute Gasteiger partial charge is 0.497 e. The lowest BCUT2D eigenvalue weighted by Gasteiger charge is -2.30. The van der Waals surface area contributed by atoms with Crippen LogP contribution in [-0.4, -0.2) is 43.2 Å². The van der Waals surface area contributed by atoms with Gasteiger partial charge in [-0.25, -0.2) is 4.79 Å². The predicted octanol–water partition coefficient (Wildman–Crippen LogP) is 3.75. The number of aryl methyl sites for hydroxylation is 2. The van der Waals surface area contributed by atoms with Crippen LogP contribution in [0, 0.1) is 0 Å². The van der Waals surface area contributed by atoms with Crippen LogP contribution in [0.3, 0.4) is 0 Å². The van der Waals surface area contributed by atoms with Gasteiger partial charge in [-0.15, -0.1) is 0 Å². The van der Waals surface area contributed by atoms with E-state index in [4.69, 9.17) is 9.47 Å². The summed E-state index contributed by atoms with van der Waals surface area (Å²) in [5.41, 5.74) is 3.92. The molecule has 2 aromatic carbocycles. The van der Waals surface area contributed by atoms with E-state index in [0.29, 0.717) is 17.1 Å². The van der Waals surface area contributed by atoms with E-state index in [2.05, 4.69) is 22.3 Å². The van der Waals surface area contributed by atoms with Gasteiger partial charge in [0.25, 0.3) is 0 Å². The molecule has 162 valence electrons. The third-order valence-electron chi connectivity index (χ3n) is 5.68. The Morgan fingerprint density at radius 3 is 2.74 bits per heavy atom. The number of benzene rings is 2. The number of carbonyl (C=O) groups is 2. The highest BCUT2D eigenvalue weighted by molar-refractivity contribution is 6.12. The van der Waals surface area contributed by atoms with Gasteiger partial charge in [-0.1, -0.05) is 18.2 Å². The number of aromatic nitrogens is 1. The second-order valence-corrected chi connectivity index (χ2v) is 7.59. The van der Waals surface area contributed by atoms with Crippen molar-refractivity contribution in [3.63, 3.8) is 0 Å². The quantitative estimate of drug-likeness (QED) is 0.614. The number of para-hydroxylation sites is 1. The van der Waals surface area contributed by atoms with Gasteiger partial charge in [-0.3, -0.25) is 4.79 Å². The van der Waals surface area contributed by atoms with Crippen molar-refractivity contribution in [3.05, 3.63) is 53.7 Å². The predicted molar refractivity (Wildman–Crippen MR) is 121 cm³/mol. The fourth-order valence-electron chi connectivity index (χ4n) is 4.24. The van der Waals surface area contributed by atoms with Gasteiger partial charge in [0, 0.05) is 24.7 Å². The van der Waals surface area contributed by atoms with Crippen molar-refractivity contribution in [3.8, 4) is 5.75 Å². The number of nitrogens with one attached hydrogen (secondary N) is 1. The lowest BCUT2D eigenvalue weighted by Crippen LogP contribution is -2.37. The number of fused-ring (bicyclic) bond motifs is 2. The fraction of sp³-hybridized carbons (Fsp3) is 0.333. The molecule has 0 aliphatic carbocycles. The van der Waals surface area contributed by atoms with Crippen LogP contribution in [-0.2, 0) is 23.0 Å². The number of anilines is 2. The second-order valence-electron chi connectivity index (χ2n) is 7.59. The molecule has 7 nitrogen and oxygen atoms in total. The number of methoxy groups -OCH3 is 1. The number of esters is 1. The Labute approximate surface area is 181 Å². The average Bonchev–Trinajstić information content (AvgIpc) is 3.05. The zero-order valence-electron chi connectivity index (χ0n) is 18.1. The molecular formula is C24H27N3O4. The van der Waals surface area contributed by atoms with Gasteiger partial charge in [0.2, 0.25) is 5.91 Å². The summed E-state index contributed by atoms with van der Waals surface area (Å²) >= 11 is 0. The SMILES string of the molecule is CCOC(=O)c1c(NC(=O)CN2CCCc3ccccc32)c2cc(OC)ccc2n1C. The average molecular weight is 421 g/mol. The van der Waals surface area contributed by atoms with Crippen LogP contribution >= 0.6 is 0 Å². The first-order valence-electron chi connectivity index (χ1n) is 10.5. The first-order chi connectivity index (χ1) is 15.0. The molecule has 31 heavy (non-hydrogen) atoms. The second kappa shape index (κ2) is 8.71. The third-order valence-corrected chi connectivity index (χ3v) is 5.68. The molecule has 4 rings (SSSR count). The highest BCUT2D eigenvalue weighted by Gasteiger charge is 2.25. The molecule has 0 fully saturated rings. The molecule has 1 aliphatic rings. The Bertz CT molecular complexity index is 1140. The summed E-state index contributed by atoms with van der Waals surface area (Å²) in [7, 11) is 3.38. The minimum Gasteiger partial charge on any atom is -0.497 e. The van der Waals surface area contributed by atoms with Crippen LogP contribution in [0.5, 0.6) is 5.75 Å². The van der Waals surface area contributed by atoms with Crippen LogP contribution in [0.25, 0.3) is 10.9 Å². The molecule has 2 heterocycles. The molecule has 0 spiro atoms. The van der Waals surface area contributed by atoms with Gasteiger partial charge in [0.1, 0.15) is 5.75 Å². The number of amides is 1. The van der Waals surface area contributed by atoms with Gasteiger partial charge in [0.05, 0.1) is 31.5 Å². The van der Waals surface area contributed by atoms with E-state index in [1.165, 1.54) is 5.56 Å². The molecule has 0 unspecified atom stereocenters. The molecule has 0 atom stereocenters. The van der Waals surface area contributed by atoms with Gasteiger partial charge in [-0.2, -0.15) is 0 Å². The van der Waals surface area contributed by atoms with Crippen molar-refractivity contribution >= 4 is 34.2 Å². The molecule has 1 N–H and O–H groups in total. The van der Waals surface area contributed by atoms with Crippen molar-refractivity contribution in [1.29, 1.82) is 0 Å². The van der Waals surface area contributed by atoms with E-state index in [1.807, 2.05) is 30.3 Å². The highest BCUT2D eigenvalue weighted by Crippen LogP contribution is 2.34. The topological polar surface area (TPSA) is 72.8 Å². The zero-order chi connectivity index (χ0) is 22.0. The number of nitrogens with zero attached hydrogens (tertiary/aromatic N) is 2. The van der Waals surface area contributed by atoms with E-state index in [1.54, 1.807) is 25.6 Å². The van der Waals surface area contributed by atoms with Crippen molar-refractivity contribution < 1.29 is 19.1 Å². The Kier molecular flexibility index (Phi) is 5.84. The van der Waals surface area contributed by atoms with E-state index in [9.17, 15) is 9.59 Å². The van der Waals surface area contributed by atoms with Crippen LogP contribution in [0.2, 0.25) is 0 Å².